The number of carbonyl (C=O) groups excluding carboxylic acids is 2. The minimum Gasteiger partial charge on any atom is -0.481 e. The second kappa shape index (κ2) is 7.94. The second-order valence-electron chi connectivity index (χ2n) is 4.47. The Kier molecular flexibility index (Phi) is 5.94. The molecule has 2 N–H and O–H groups in total. The minimum atomic E-state index is -0.852. The van der Waals surface area contributed by atoms with E-state index in [0.717, 1.165) is 12.1 Å². The summed E-state index contributed by atoms with van der Waals surface area (Å²) in [6.45, 7) is -0.538. The van der Waals surface area contributed by atoms with Crippen LogP contribution in [0, 0.1) is 11.6 Å². The Hall–Kier alpha value is -2.38. The van der Waals surface area contributed by atoms with E-state index in [1.807, 2.05) is 10.9 Å². The first-order chi connectivity index (χ1) is 11.4. The third-order valence-corrected chi connectivity index (χ3v) is 3.37. The smallest absolute Gasteiger partial charge is 0.276 e. The third kappa shape index (κ3) is 4.56. The Morgan fingerprint density at radius 3 is 2.42 bits per heavy atom. The van der Waals surface area contributed by atoms with Crippen molar-refractivity contribution in [2.75, 3.05) is 6.61 Å². The molecular weight excluding hydrogens is 365 g/mol. The summed E-state index contributed by atoms with van der Waals surface area (Å²) in [6.07, 6.45) is 0. The first-order valence-corrected chi connectivity index (χ1v) is 7.25. The second-order valence-corrected chi connectivity index (χ2v) is 5.28. The Morgan fingerprint density at radius 2 is 1.71 bits per heavy atom. The summed E-state index contributed by atoms with van der Waals surface area (Å²) < 4.78 is 31.6. The van der Waals surface area contributed by atoms with Crippen LogP contribution in [0.2, 0.25) is 10.0 Å². The van der Waals surface area contributed by atoms with Crippen molar-refractivity contribution in [2.24, 2.45) is 0 Å². The standard InChI is InChI=1S/C15H10Cl2F2N2O3/c16-9-6-10(17)12(19)5-8(9)15(23)21-20-14(22)7-24-13-4-2-1-3-11(13)18/h1-6H,7H2,(H,20,22)(H,21,23). The maximum absolute atomic E-state index is 13.4. The molecule has 2 rings (SSSR count). The van der Waals surface area contributed by atoms with Crippen molar-refractivity contribution in [1.82, 2.24) is 10.9 Å². The number of rotatable bonds is 4. The van der Waals surface area contributed by atoms with Crippen LogP contribution in [0.5, 0.6) is 5.75 Å². The van der Waals surface area contributed by atoms with Gasteiger partial charge in [-0.25, -0.2) is 8.78 Å². The molecule has 5 nitrogen and oxygen atoms in total. The molecule has 0 heterocycles. The first kappa shape index (κ1) is 18.0. The normalized spacial score (nSPS) is 10.2. The maximum Gasteiger partial charge on any atom is 0.276 e. The van der Waals surface area contributed by atoms with Crippen LogP contribution in [0.15, 0.2) is 36.4 Å². The van der Waals surface area contributed by atoms with Crippen LogP contribution in [0.4, 0.5) is 8.78 Å². The molecule has 9 heteroatoms. The van der Waals surface area contributed by atoms with Crippen LogP contribution < -0.4 is 15.6 Å². The van der Waals surface area contributed by atoms with Gasteiger partial charge in [0.1, 0.15) is 5.82 Å². The predicted molar refractivity (Wildman–Crippen MR) is 83.9 cm³/mol. The quantitative estimate of drug-likeness (QED) is 0.638. The lowest BCUT2D eigenvalue weighted by Crippen LogP contribution is -2.44. The van der Waals surface area contributed by atoms with E-state index >= 15 is 0 Å². The van der Waals surface area contributed by atoms with Crippen LogP contribution in [0.25, 0.3) is 0 Å². The van der Waals surface area contributed by atoms with Crippen molar-refractivity contribution in [1.29, 1.82) is 0 Å². The van der Waals surface area contributed by atoms with Gasteiger partial charge < -0.3 is 4.74 Å². The highest BCUT2D eigenvalue weighted by molar-refractivity contribution is 6.36. The average Bonchev–Trinajstić information content (AvgIpc) is 2.55. The van der Waals surface area contributed by atoms with Crippen LogP contribution in [-0.4, -0.2) is 18.4 Å². The molecule has 0 spiro atoms. The van der Waals surface area contributed by atoms with Crippen molar-refractivity contribution in [3.63, 3.8) is 0 Å². The molecule has 0 saturated carbocycles. The fourth-order valence-corrected chi connectivity index (χ4v) is 2.10. The maximum atomic E-state index is 13.4. The molecule has 0 aliphatic carbocycles. The molecule has 0 aromatic heterocycles. The van der Waals surface area contributed by atoms with Crippen LogP contribution in [0.1, 0.15) is 10.4 Å². The fourth-order valence-electron chi connectivity index (χ4n) is 1.63. The zero-order chi connectivity index (χ0) is 17.7. The molecule has 0 radical (unpaired) electrons. The molecule has 0 atom stereocenters. The summed E-state index contributed by atoms with van der Waals surface area (Å²) in [7, 11) is 0. The van der Waals surface area contributed by atoms with E-state index in [0.29, 0.717) is 0 Å². The van der Waals surface area contributed by atoms with E-state index in [1.165, 1.54) is 24.3 Å². The number of hydrazine groups is 1. The molecule has 0 unspecified atom stereocenters. The first-order valence-electron chi connectivity index (χ1n) is 6.49. The number of ether oxygens (including phenoxy) is 1. The Labute approximate surface area is 145 Å². The van der Waals surface area contributed by atoms with Gasteiger partial charge in [-0.2, -0.15) is 0 Å². The van der Waals surface area contributed by atoms with Gasteiger partial charge in [-0.1, -0.05) is 35.3 Å². The van der Waals surface area contributed by atoms with Gasteiger partial charge in [-0.05, 0) is 24.3 Å². The van der Waals surface area contributed by atoms with Crippen molar-refractivity contribution >= 4 is 35.0 Å². The van der Waals surface area contributed by atoms with Gasteiger partial charge in [0.05, 0.1) is 15.6 Å². The van der Waals surface area contributed by atoms with Gasteiger partial charge in [0.2, 0.25) is 0 Å². The number of para-hydroxylation sites is 1. The molecule has 2 amide bonds. The molecule has 0 saturated heterocycles. The molecular formula is C15H10Cl2F2N2O3. The van der Waals surface area contributed by atoms with E-state index in [-0.39, 0.29) is 21.4 Å². The lowest BCUT2D eigenvalue weighted by molar-refractivity contribution is -0.123. The molecule has 0 bridgehead atoms. The van der Waals surface area contributed by atoms with E-state index in [4.69, 9.17) is 27.9 Å². The highest BCUT2D eigenvalue weighted by atomic mass is 35.5. The zero-order valence-corrected chi connectivity index (χ0v) is 13.4. The van der Waals surface area contributed by atoms with Crippen LogP contribution >= 0.6 is 23.2 Å². The minimum absolute atomic E-state index is 0.0873. The Morgan fingerprint density at radius 1 is 1.00 bits per heavy atom. The van der Waals surface area contributed by atoms with E-state index < -0.39 is 30.1 Å². The van der Waals surface area contributed by atoms with Gasteiger partial charge in [0.25, 0.3) is 11.8 Å². The van der Waals surface area contributed by atoms with E-state index in [9.17, 15) is 18.4 Å². The number of carbonyl (C=O) groups is 2. The highest BCUT2D eigenvalue weighted by Gasteiger charge is 2.15. The Balaban J connectivity index is 1.89. The molecule has 24 heavy (non-hydrogen) atoms. The highest BCUT2D eigenvalue weighted by Crippen LogP contribution is 2.24. The van der Waals surface area contributed by atoms with Crippen molar-refractivity contribution in [2.45, 2.75) is 0 Å². The SMILES string of the molecule is O=C(COc1ccccc1F)NNC(=O)c1cc(F)c(Cl)cc1Cl. The molecule has 0 fully saturated rings. The lowest BCUT2D eigenvalue weighted by Gasteiger charge is -2.10. The molecule has 0 aliphatic heterocycles. The molecule has 0 aliphatic rings. The molecule has 126 valence electrons. The summed E-state index contributed by atoms with van der Waals surface area (Å²) >= 11 is 11.3. The van der Waals surface area contributed by atoms with Gasteiger partial charge in [-0.15, -0.1) is 0 Å². The predicted octanol–water partition coefficient (Wildman–Crippen LogP) is 3.11. The van der Waals surface area contributed by atoms with Crippen LogP contribution in [0.3, 0.4) is 0 Å². The van der Waals surface area contributed by atoms with Gasteiger partial charge in [0.15, 0.2) is 18.2 Å². The number of benzene rings is 2. The topological polar surface area (TPSA) is 67.4 Å². The van der Waals surface area contributed by atoms with E-state index in [1.54, 1.807) is 0 Å². The zero-order valence-electron chi connectivity index (χ0n) is 11.9. The van der Waals surface area contributed by atoms with Crippen molar-refractivity contribution < 1.29 is 23.1 Å². The van der Waals surface area contributed by atoms with Gasteiger partial charge in [-0.3, -0.25) is 20.4 Å². The third-order valence-electron chi connectivity index (χ3n) is 2.77. The summed E-state index contributed by atoms with van der Waals surface area (Å²) in [5.74, 6) is -3.17. The fraction of sp³-hybridized carbons (Fsp3) is 0.0667. The van der Waals surface area contributed by atoms with Crippen molar-refractivity contribution in [3.05, 3.63) is 63.6 Å². The average molecular weight is 375 g/mol. The number of halogens is 4. The summed E-state index contributed by atoms with van der Waals surface area (Å²) in [6, 6.07) is 7.43. The number of amides is 2. The number of hydrogen-bond donors (Lipinski definition) is 2. The molecule has 2 aromatic rings. The van der Waals surface area contributed by atoms with Gasteiger partial charge in [0, 0.05) is 0 Å². The monoisotopic (exact) mass is 374 g/mol. The van der Waals surface area contributed by atoms with Crippen molar-refractivity contribution in [3.8, 4) is 5.75 Å². The number of hydrogen-bond acceptors (Lipinski definition) is 3. The summed E-state index contributed by atoms with van der Waals surface area (Å²) in [5.41, 5.74) is 3.85. The van der Waals surface area contributed by atoms with Crippen LogP contribution in [-0.2, 0) is 4.79 Å². The number of nitrogens with one attached hydrogen (secondary N) is 2. The lowest BCUT2D eigenvalue weighted by atomic mass is 10.2. The van der Waals surface area contributed by atoms with Gasteiger partial charge >= 0.3 is 0 Å². The Bertz CT molecular complexity index is 787. The largest absolute Gasteiger partial charge is 0.481 e. The van der Waals surface area contributed by atoms with E-state index in [2.05, 4.69) is 0 Å². The summed E-state index contributed by atoms with van der Waals surface area (Å²) in [5, 5.41) is -0.324. The molecule has 2 aromatic carbocycles. The summed E-state index contributed by atoms with van der Waals surface area (Å²) in [4.78, 5) is 23.4.